The zero-order valence-electron chi connectivity index (χ0n) is 18.7. The van der Waals surface area contributed by atoms with Crippen LogP contribution in [0.15, 0.2) is 54.7 Å². The number of nitrogens with one attached hydrogen (secondary N) is 2. The van der Waals surface area contributed by atoms with E-state index in [-0.39, 0.29) is 12.1 Å². The minimum Gasteiger partial charge on any atom is -0.493 e. The number of carbonyl (C=O) groups excluding carboxylic acids is 1. The lowest BCUT2D eigenvalue weighted by Crippen LogP contribution is -2.56. The molecule has 2 aliphatic heterocycles. The highest BCUT2D eigenvalue weighted by molar-refractivity contribution is 6.35. The Morgan fingerprint density at radius 2 is 1.94 bits per heavy atom. The first kappa shape index (κ1) is 22.4. The number of para-hydroxylation sites is 1. The first-order valence-electron chi connectivity index (χ1n) is 10.8. The maximum Gasteiger partial charge on any atom is 0.342 e. The van der Waals surface area contributed by atoms with E-state index in [9.17, 15) is 4.79 Å². The molecule has 1 aromatic heterocycles. The van der Waals surface area contributed by atoms with Crippen molar-refractivity contribution < 1.29 is 9.53 Å². The number of benzene rings is 2. The van der Waals surface area contributed by atoms with E-state index in [1.807, 2.05) is 61.5 Å². The van der Waals surface area contributed by atoms with Gasteiger partial charge in [0.1, 0.15) is 11.1 Å². The Hall–Kier alpha value is -3.42. The molecule has 0 bridgehead atoms. The molecule has 0 spiro atoms. The smallest absolute Gasteiger partial charge is 0.342 e. The van der Waals surface area contributed by atoms with Crippen LogP contribution in [0.1, 0.15) is 18.0 Å². The van der Waals surface area contributed by atoms with Crippen molar-refractivity contribution in [2.45, 2.75) is 12.5 Å². The first-order chi connectivity index (χ1) is 16.4. The average Bonchev–Trinajstić information content (AvgIpc) is 2.82. The lowest BCUT2D eigenvalue weighted by atomic mass is 10.0. The van der Waals surface area contributed by atoms with Gasteiger partial charge in [0.25, 0.3) is 0 Å². The lowest BCUT2D eigenvalue weighted by molar-refractivity contribution is 0.190. The molecule has 2 aromatic carbocycles. The number of halogens is 2. The van der Waals surface area contributed by atoms with E-state index in [1.165, 1.54) is 5.01 Å². The van der Waals surface area contributed by atoms with Crippen LogP contribution in [0.2, 0.25) is 10.0 Å². The first-order valence-corrected chi connectivity index (χ1v) is 11.6. The van der Waals surface area contributed by atoms with Crippen LogP contribution in [0.3, 0.4) is 0 Å². The van der Waals surface area contributed by atoms with Gasteiger partial charge in [-0.3, -0.25) is 10.4 Å². The zero-order chi connectivity index (χ0) is 23.8. The van der Waals surface area contributed by atoms with E-state index < -0.39 is 0 Å². The topological polar surface area (TPSA) is 69.7 Å². The monoisotopic (exact) mass is 495 g/mol. The van der Waals surface area contributed by atoms with Crippen LogP contribution in [0.4, 0.5) is 4.79 Å². The number of nitrogens with zero attached hydrogens (tertiary/aromatic N) is 3. The van der Waals surface area contributed by atoms with Crippen LogP contribution in [0.5, 0.6) is 5.75 Å². The summed E-state index contributed by atoms with van der Waals surface area (Å²) in [4.78, 5) is 19.9. The van der Waals surface area contributed by atoms with Gasteiger partial charge in [0, 0.05) is 53.7 Å². The van der Waals surface area contributed by atoms with Crippen LogP contribution in [0, 0.1) is 0 Å². The number of urea groups is 1. The van der Waals surface area contributed by atoms with Gasteiger partial charge in [-0.25, -0.2) is 4.79 Å². The largest absolute Gasteiger partial charge is 0.493 e. The molecular formula is C25H23Cl2N5O2. The summed E-state index contributed by atoms with van der Waals surface area (Å²) in [6.45, 7) is 0.543. The molecule has 174 valence electrons. The maximum absolute atomic E-state index is 13.4. The molecule has 3 heterocycles. The molecule has 34 heavy (non-hydrogen) atoms. The van der Waals surface area contributed by atoms with Gasteiger partial charge in [0.2, 0.25) is 0 Å². The van der Waals surface area contributed by atoms with E-state index in [1.54, 1.807) is 18.5 Å². The van der Waals surface area contributed by atoms with Gasteiger partial charge in [0.15, 0.2) is 5.82 Å². The Balaban J connectivity index is 1.54. The number of pyridine rings is 1. The molecule has 0 fully saturated rings. The van der Waals surface area contributed by atoms with E-state index in [0.29, 0.717) is 34.2 Å². The number of hydrogen-bond donors (Lipinski definition) is 2. The molecule has 2 amide bonds. The van der Waals surface area contributed by atoms with Crippen molar-refractivity contribution in [3.8, 4) is 16.9 Å². The molecule has 2 N–H and O–H groups in total. The Morgan fingerprint density at radius 1 is 1.18 bits per heavy atom. The van der Waals surface area contributed by atoms with E-state index in [2.05, 4.69) is 15.7 Å². The molecule has 0 radical (unpaired) electrons. The van der Waals surface area contributed by atoms with Crippen molar-refractivity contribution in [3.63, 3.8) is 0 Å². The molecule has 0 saturated carbocycles. The molecule has 7 nitrogen and oxygen atoms in total. The number of hydrazine groups is 1. The van der Waals surface area contributed by atoms with Crippen LogP contribution >= 0.6 is 23.2 Å². The van der Waals surface area contributed by atoms with Crippen LogP contribution in [-0.4, -0.2) is 41.6 Å². The summed E-state index contributed by atoms with van der Waals surface area (Å²) in [6.07, 6.45) is 4.18. The molecular weight excluding hydrogens is 473 g/mol. The molecule has 0 saturated heterocycles. The summed E-state index contributed by atoms with van der Waals surface area (Å²) in [5.74, 6) is 1.41. The van der Waals surface area contributed by atoms with E-state index in [0.717, 1.165) is 27.7 Å². The minimum absolute atomic E-state index is 0.156. The molecule has 5 rings (SSSR count). The van der Waals surface area contributed by atoms with Crippen molar-refractivity contribution in [1.82, 2.24) is 25.6 Å². The van der Waals surface area contributed by atoms with Gasteiger partial charge >= 0.3 is 6.03 Å². The summed E-state index contributed by atoms with van der Waals surface area (Å²) in [7, 11) is 3.75. The summed E-state index contributed by atoms with van der Waals surface area (Å²) in [6, 6.07) is 14.6. The van der Waals surface area contributed by atoms with Gasteiger partial charge in [0.05, 0.1) is 12.6 Å². The Kier molecular flexibility index (Phi) is 5.98. The van der Waals surface area contributed by atoms with Gasteiger partial charge in [-0.2, -0.15) is 5.01 Å². The fourth-order valence-corrected chi connectivity index (χ4v) is 4.85. The number of hydrogen-bond acceptors (Lipinski definition) is 5. The molecule has 0 aliphatic carbocycles. The van der Waals surface area contributed by atoms with Crippen molar-refractivity contribution in [2.24, 2.45) is 0 Å². The SMILES string of the molecule is CN(C)C1=c2nccc(-c3cc(Cl)cc(Cl)c3)c2=CNN1C(=O)N[C@H]1CCOc2ccccc21. The fraction of sp³-hybridized carbons (Fsp3) is 0.200. The maximum atomic E-state index is 13.4. The van der Waals surface area contributed by atoms with Gasteiger partial charge in [-0.15, -0.1) is 0 Å². The molecule has 0 unspecified atom stereocenters. The van der Waals surface area contributed by atoms with Crippen molar-refractivity contribution in [3.05, 3.63) is 80.9 Å². The van der Waals surface area contributed by atoms with Crippen LogP contribution < -0.4 is 26.0 Å². The van der Waals surface area contributed by atoms with E-state index in [4.69, 9.17) is 27.9 Å². The number of rotatable bonds is 3. The Morgan fingerprint density at radius 3 is 2.71 bits per heavy atom. The molecule has 9 heteroatoms. The van der Waals surface area contributed by atoms with Crippen molar-refractivity contribution in [2.75, 3.05) is 20.7 Å². The minimum atomic E-state index is -0.287. The second kappa shape index (κ2) is 9.08. The molecule has 2 aliphatic rings. The predicted molar refractivity (Wildman–Crippen MR) is 133 cm³/mol. The lowest BCUT2D eigenvalue weighted by Gasteiger charge is -2.34. The third kappa shape index (κ3) is 4.13. The highest BCUT2D eigenvalue weighted by atomic mass is 35.5. The number of amides is 2. The standard InChI is InChI=1S/C25H23Cl2N5O2/c1-31(2)24-23-20(18(7-9-28-23)15-11-16(26)13-17(27)12-15)14-29-32(24)25(33)30-21-8-10-34-22-6-4-3-5-19(21)22/h3-7,9,11-14,21,29H,8,10H2,1-2H3,(H,30,33)/t21-/m0/s1. The highest BCUT2D eigenvalue weighted by Gasteiger charge is 2.29. The Labute approximate surface area is 207 Å². The van der Waals surface area contributed by atoms with Gasteiger partial charge in [-0.05, 0) is 41.5 Å². The normalized spacial score (nSPS) is 16.4. The number of fused-ring (bicyclic) bond motifs is 2. The average molecular weight is 496 g/mol. The van der Waals surface area contributed by atoms with Crippen LogP contribution in [-0.2, 0) is 0 Å². The third-order valence-electron chi connectivity index (χ3n) is 5.81. The van der Waals surface area contributed by atoms with Crippen molar-refractivity contribution >= 4 is 41.3 Å². The zero-order valence-corrected chi connectivity index (χ0v) is 20.2. The Bertz CT molecular complexity index is 1370. The number of aromatic nitrogens is 1. The summed E-state index contributed by atoms with van der Waals surface area (Å²) in [5.41, 5.74) is 5.87. The second-order valence-electron chi connectivity index (χ2n) is 8.28. The number of ether oxygens (including phenoxy) is 1. The predicted octanol–water partition coefficient (Wildman–Crippen LogP) is 3.47. The fourth-order valence-electron chi connectivity index (χ4n) is 4.33. The van der Waals surface area contributed by atoms with E-state index >= 15 is 0 Å². The third-order valence-corrected chi connectivity index (χ3v) is 6.24. The second-order valence-corrected chi connectivity index (χ2v) is 9.16. The number of carbonyl (C=O) groups is 1. The van der Waals surface area contributed by atoms with Crippen molar-refractivity contribution in [1.29, 1.82) is 0 Å². The highest BCUT2D eigenvalue weighted by Crippen LogP contribution is 2.32. The molecule has 1 atom stereocenters. The van der Waals surface area contributed by atoms with Gasteiger partial charge < -0.3 is 15.0 Å². The summed E-state index contributed by atoms with van der Waals surface area (Å²) < 4.78 is 5.73. The summed E-state index contributed by atoms with van der Waals surface area (Å²) in [5, 5.41) is 7.21. The quantitative estimate of drug-likeness (QED) is 0.582. The van der Waals surface area contributed by atoms with Crippen LogP contribution in [0.25, 0.3) is 23.1 Å². The molecule has 3 aromatic rings. The summed E-state index contributed by atoms with van der Waals surface area (Å²) >= 11 is 12.5. The van der Waals surface area contributed by atoms with Gasteiger partial charge in [-0.1, -0.05) is 41.4 Å².